The zero-order chi connectivity index (χ0) is 15.9. The molecule has 0 saturated carbocycles. The van der Waals surface area contributed by atoms with E-state index in [4.69, 9.17) is 4.74 Å². The Hall–Kier alpha value is -2.13. The summed E-state index contributed by atoms with van der Waals surface area (Å²) in [6.45, 7) is 3.40. The molecule has 22 heavy (non-hydrogen) atoms. The summed E-state index contributed by atoms with van der Waals surface area (Å²) in [7, 11) is -3.77. The van der Waals surface area contributed by atoms with Crippen molar-refractivity contribution < 1.29 is 17.9 Å². The molecule has 1 aromatic heterocycles. The average molecular weight is 339 g/mol. The van der Waals surface area contributed by atoms with Crippen LogP contribution in [-0.4, -0.2) is 25.4 Å². The molecule has 1 aliphatic rings. The lowest BCUT2D eigenvalue weighted by molar-refractivity contribution is -0.122. The van der Waals surface area contributed by atoms with Crippen LogP contribution >= 0.6 is 11.3 Å². The van der Waals surface area contributed by atoms with Crippen molar-refractivity contribution in [2.24, 2.45) is 0 Å². The van der Waals surface area contributed by atoms with Gasteiger partial charge >= 0.3 is 0 Å². The summed E-state index contributed by atoms with van der Waals surface area (Å²) < 4.78 is 32.5. The third-order valence-electron chi connectivity index (χ3n) is 3.03. The summed E-state index contributed by atoms with van der Waals surface area (Å²) in [4.78, 5) is 15.7. The Morgan fingerprint density at radius 1 is 1.41 bits per heavy atom. The first-order valence-corrected chi connectivity index (χ1v) is 8.78. The van der Waals surface area contributed by atoms with Gasteiger partial charge in [0, 0.05) is 5.38 Å². The van der Waals surface area contributed by atoms with Gasteiger partial charge in [0.05, 0.1) is 16.3 Å². The fourth-order valence-electron chi connectivity index (χ4n) is 1.93. The normalized spacial score (nSPS) is 17.4. The number of benzene rings is 1. The molecular formula is C13H13N3O4S2. The SMILES string of the molecule is Cc1csc(NS(=O)(=O)c2ccc3c(c2)NC(=O)C(C)O3)n1. The maximum Gasteiger partial charge on any atom is 0.265 e. The predicted molar refractivity (Wildman–Crippen MR) is 82.8 cm³/mol. The van der Waals surface area contributed by atoms with Gasteiger partial charge < -0.3 is 10.1 Å². The number of hydrogen-bond donors (Lipinski definition) is 2. The number of thiazole rings is 1. The van der Waals surface area contributed by atoms with Crippen molar-refractivity contribution in [2.45, 2.75) is 24.8 Å². The minimum Gasteiger partial charge on any atom is -0.479 e. The van der Waals surface area contributed by atoms with E-state index in [1.807, 2.05) is 0 Å². The number of fused-ring (bicyclic) bond motifs is 1. The molecule has 1 aliphatic heterocycles. The molecule has 1 amide bonds. The van der Waals surface area contributed by atoms with Crippen molar-refractivity contribution in [3.8, 4) is 5.75 Å². The molecule has 2 aromatic rings. The number of aromatic nitrogens is 1. The highest BCUT2D eigenvalue weighted by Crippen LogP contribution is 2.32. The highest BCUT2D eigenvalue weighted by atomic mass is 32.2. The minimum absolute atomic E-state index is 0.0255. The van der Waals surface area contributed by atoms with E-state index in [0.717, 1.165) is 5.69 Å². The first-order valence-electron chi connectivity index (χ1n) is 6.42. The van der Waals surface area contributed by atoms with Gasteiger partial charge in [-0.15, -0.1) is 11.3 Å². The van der Waals surface area contributed by atoms with E-state index >= 15 is 0 Å². The van der Waals surface area contributed by atoms with Crippen molar-refractivity contribution in [2.75, 3.05) is 10.0 Å². The van der Waals surface area contributed by atoms with Crippen molar-refractivity contribution in [1.82, 2.24) is 4.98 Å². The van der Waals surface area contributed by atoms with Crippen molar-refractivity contribution >= 4 is 38.1 Å². The van der Waals surface area contributed by atoms with E-state index in [9.17, 15) is 13.2 Å². The van der Waals surface area contributed by atoms with Gasteiger partial charge in [-0.25, -0.2) is 13.4 Å². The van der Waals surface area contributed by atoms with Crippen molar-refractivity contribution in [3.05, 3.63) is 29.3 Å². The number of carbonyl (C=O) groups is 1. The summed E-state index contributed by atoms with van der Waals surface area (Å²) in [6, 6.07) is 4.31. The van der Waals surface area contributed by atoms with Crippen molar-refractivity contribution in [3.63, 3.8) is 0 Å². The molecule has 2 heterocycles. The topological polar surface area (TPSA) is 97.4 Å². The molecule has 0 radical (unpaired) electrons. The molecule has 0 spiro atoms. The third-order valence-corrected chi connectivity index (χ3v) is 5.37. The Labute approximate surface area is 131 Å². The van der Waals surface area contributed by atoms with E-state index in [1.165, 1.54) is 29.5 Å². The summed E-state index contributed by atoms with van der Waals surface area (Å²) in [5.41, 5.74) is 1.07. The van der Waals surface area contributed by atoms with E-state index in [0.29, 0.717) is 16.6 Å². The van der Waals surface area contributed by atoms with Crippen LogP contribution in [0.15, 0.2) is 28.5 Å². The number of carbonyl (C=O) groups excluding carboxylic acids is 1. The number of nitrogens with one attached hydrogen (secondary N) is 2. The molecule has 0 bridgehead atoms. The van der Waals surface area contributed by atoms with Gasteiger partial charge in [-0.05, 0) is 32.0 Å². The van der Waals surface area contributed by atoms with Crippen LogP contribution in [-0.2, 0) is 14.8 Å². The summed E-state index contributed by atoms with van der Waals surface area (Å²) in [5.74, 6) is 0.127. The Kier molecular flexibility index (Phi) is 3.53. The molecule has 0 fully saturated rings. The highest BCUT2D eigenvalue weighted by molar-refractivity contribution is 7.93. The van der Waals surface area contributed by atoms with Gasteiger partial charge in [-0.1, -0.05) is 0 Å². The van der Waals surface area contributed by atoms with Gasteiger partial charge in [0.2, 0.25) is 0 Å². The zero-order valence-corrected chi connectivity index (χ0v) is 13.4. The number of hydrogen-bond acceptors (Lipinski definition) is 6. The number of anilines is 2. The molecule has 3 rings (SSSR count). The van der Waals surface area contributed by atoms with Crippen LogP contribution in [0.25, 0.3) is 0 Å². The van der Waals surface area contributed by atoms with Gasteiger partial charge in [0.25, 0.3) is 15.9 Å². The summed E-state index contributed by atoms with van der Waals surface area (Å²) in [5, 5.41) is 4.67. The molecular weight excluding hydrogens is 326 g/mol. The van der Waals surface area contributed by atoms with Gasteiger partial charge in [-0.2, -0.15) is 0 Å². The molecule has 1 aromatic carbocycles. The number of nitrogens with zero attached hydrogens (tertiary/aromatic N) is 1. The van der Waals surface area contributed by atoms with Gasteiger partial charge in [0.15, 0.2) is 11.2 Å². The lowest BCUT2D eigenvalue weighted by Crippen LogP contribution is -2.34. The van der Waals surface area contributed by atoms with Crippen LogP contribution in [0, 0.1) is 6.92 Å². The standard InChI is InChI=1S/C13H13N3O4S2/c1-7-6-21-13(14-7)16-22(18,19)9-3-4-11-10(5-9)15-12(17)8(2)20-11/h3-6,8H,1-2H3,(H,14,16)(H,15,17). The van der Waals surface area contributed by atoms with E-state index in [1.54, 1.807) is 19.2 Å². The number of ether oxygens (including phenoxy) is 1. The number of aryl methyl sites for hydroxylation is 1. The highest BCUT2D eigenvalue weighted by Gasteiger charge is 2.25. The Morgan fingerprint density at radius 3 is 2.86 bits per heavy atom. The largest absolute Gasteiger partial charge is 0.479 e. The van der Waals surface area contributed by atoms with Crippen LogP contribution in [0.4, 0.5) is 10.8 Å². The van der Waals surface area contributed by atoms with E-state index < -0.39 is 16.1 Å². The van der Waals surface area contributed by atoms with Crippen LogP contribution in [0.3, 0.4) is 0 Å². The van der Waals surface area contributed by atoms with E-state index in [2.05, 4.69) is 15.0 Å². The maximum absolute atomic E-state index is 12.3. The summed E-state index contributed by atoms with van der Waals surface area (Å²) >= 11 is 1.20. The molecule has 9 heteroatoms. The zero-order valence-electron chi connectivity index (χ0n) is 11.8. The number of rotatable bonds is 3. The minimum atomic E-state index is -3.77. The third kappa shape index (κ3) is 2.77. The van der Waals surface area contributed by atoms with Crippen LogP contribution in [0.2, 0.25) is 0 Å². The van der Waals surface area contributed by atoms with Crippen LogP contribution in [0.5, 0.6) is 5.75 Å². The lowest BCUT2D eigenvalue weighted by Gasteiger charge is -2.23. The average Bonchev–Trinajstić information content (AvgIpc) is 2.84. The van der Waals surface area contributed by atoms with Gasteiger partial charge in [-0.3, -0.25) is 9.52 Å². The Morgan fingerprint density at radius 2 is 2.18 bits per heavy atom. The van der Waals surface area contributed by atoms with Crippen LogP contribution in [0.1, 0.15) is 12.6 Å². The number of amides is 1. The Bertz CT molecular complexity index is 845. The van der Waals surface area contributed by atoms with E-state index in [-0.39, 0.29) is 10.8 Å². The second kappa shape index (κ2) is 5.25. The quantitative estimate of drug-likeness (QED) is 0.891. The second-order valence-corrected chi connectivity index (χ2v) is 7.35. The molecule has 0 saturated heterocycles. The fraction of sp³-hybridized carbons (Fsp3) is 0.231. The lowest BCUT2D eigenvalue weighted by atomic mass is 10.2. The first kappa shape index (κ1) is 14.8. The first-order chi connectivity index (χ1) is 10.3. The van der Waals surface area contributed by atoms with Crippen molar-refractivity contribution in [1.29, 1.82) is 0 Å². The second-order valence-electron chi connectivity index (χ2n) is 4.81. The Balaban J connectivity index is 1.92. The monoisotopic (exact) mass is 339 g/mol. The van der Waals surface area contributed by atoms with Crippen LogP contribution < -0.4 is 14.8 Å². The number of sulfonamides is 1. The molecule has 116 valence electrons. The molecule has 2 N–H and O–H groups in total. The fourth-order valence-corrected chi connectivity index (χ4v) is 3.90. The molecule has 1 atom stereocenters. The molecule has 7 nitrogen and oxygen atoms in total. The molecule has 1 unspecified atom stereocenters. The predicted octanol–water partition coefficient (Wildman–Crippen LogP) is 1.97. The molecule has 0 aliphatic carbocycles. The van der Waals surface area contributed by atoms with Gasteiger partial charge in [0.1, 0.15) is 5.75 Å². The smallest absolute Gasteiger partial charge is 0.265 e. The maximum atomic E-state index is 12.3. The summed E-state index contributed by atoms with van der Waals surface area (Å²) in [6.07, 6.45) is -0.605.